The maximum Gasteiger partial charge on any atom is 0.253 e. The normalized spacial score (nSPS) is 22.3. The van der Waals surface area contributed by atoms with Crippen molar-refractivity contribution in [1.82, 2.24) is 10.3 Å². The maximum atomic E-state index is 12.4. The van der Waals surface area contributed by atoms with Gasteiger partial charge in [-0.15, -0.1) is 0 Å². The van der Waals surface area contributed by atoms with Crippen LogP contribution in [0.25, 0.3) is 0 Å². The minimum Gasteiger partial charge on any atom is -0.383 e. The van der Waals surface area contributed by atoms with E-state index >= 15 is 0 Å². The molecule has 0 aliphatic heterocycles. The average molecular weight is 293 g/mol. The van der Waals surface area contributed by atoms with E-state index < -0.39 is 0 Å². The zero-order chi connectivity index (χ0) is 14.4. The number of carbonyl (C=O) groups excluding carboxylic acids is 1. The fourth-order valence-electron chi connectivity index (χ4n) is 2.68. The SMILES string of the molecule is CCNc1cnccc1C(=O)NC1CCCC(SC)C1. The predicted molar refractivity (Wildman–Crippen MR) is 85.4 cm³/mol. The van der Waals surface area contributed by atoms with Gasteiger partial charge in [-0.1, -0.05) is 6.42 Å². The predicted octanol–water partition coefficient (Wildman–Crippen LogP) is 2.92. The number of rotatable bonds is 5. The monoisotopic (exact) mass is 293 g/mol. The second-order valence-electron chi connectivity index (χ2n) is 5.15. The summed E-state index contributed by atoms with van der Waals surface area (Å²) in [6.45, 7) is 2.79. The van der Waals surface area contributed by atoms with E-state index in [1.165, 1.54) is 12.8 Å². The molecule has 1 amide bonds. The number of pyridine rings is 1. The highest BCUT2D eigenvalue weighted by Gasteiger charge is 2.23. The Kier molecular flexibility index (Phi) is 5.71. The number of hydrogen-bond donors (Lipinski definition) is 2. The first-order valence-corrected chi connectivity index (χ1v) is 8.55. The van der Waals surface area contributed by atoms with E-state index in [0.29, 0.717) is 16.9 Å². The molecule has 1 saturated carbocycles. The molecule has 1 aromatic rings. The van der Waals surface area contributed by atoms with Gasteiger partial charge in [-0.25, -0.2) is 0 Å². The Morgan fingerprint density at radius 1 is 1.50 bits per heavy atom. The quantitative estimate of drug-likeness (QED) is 0.876. The standard InChI is InChI=1S/C15H23N3OS/c1-3-17-14-10-16-8-7-13(14)15(19)18-11-5-4-6-12(9-11)20-2/h7-8,10-12,17H,3-6,9H2,1-2H3,(H,18,19). The van der Waals surface area contributed by atoms with Crippen LogP contribution in [0, 0.1) is 0 Å². The van der Waals surface area contributed by atoms with Crippen molar-refractivity contribution in [2.75, 3.05) is 18.1 Å². The van der Waals surface area contributed by atoms with Crippen molar-refractivity contribution in [2.45, 2.75) is 43.9 Å². The molecule has 0 aromatic carbocycles. The number of anilines is 1. The van der Waals surface area contributed by atoms with Gasteiger partial charge in [0, 0.05) is 24.0 Å². The summed E-state index contributed by atoms with van der Waals surface area (Å²) in [5.41, 5.74) is 1.50. The molecule has 2 atom stereocenters. The van der Waals surface area contributed by atoms with Crippen LogP contribution in [0.4, 0.5) is 5.69 Å². The minimum absolute atomic E-state index is 0.00935. The molecule has 1 aliphatic rings. The third-order valence-corrected chi connectivity index (χ3v) is 4.82. The highest BCUT2D eigenvalue weighted by molar-refractivity contribution is 7.99. The molecule has 0 spiro atoms. The molecule has 2 rings (SSSR count). The summed E-state index contributed by atoms with van der Waals surface area (Å²) in [5, 5.41) is 7.05. The molecular weight excluding hydrogens is 270 g/mol. The van der Waals surface area contributed by atoms with Crippen LogP contribution >= 0.6 is 11.8 Å². The van der Waals surface area contributed by atoms with E-state index in [2.05, 4.69) is 21.9 Å². The summed E-state index contributed by atoms with van der Waals surface area (Å²) in [5.74, 6) is 0.00935. The van der Waals surface area contributed by atoms with E-state index in [1.54, 1.807) is 18.5 Å². The van der Waals surface area contributed by atoms with Crippen LogP contribution in [-0.2, 0) is 0 Å². The number of nitrogens with one attached hydrogen (secondary N) is 2. The summed E-state index contributed by atoms with van der Waals surface area (Å²) in [6.07, 6.45) is 10.2. The first-order valence-electron chi connectivity index (χ1n) is 7.26. The lowest BCUT2D eigenvalue weighted by molar-refractivity contribution is 0.0929. The molecule has 1 heterocycles. The third-order valence-electron chi connectivity index (χ3n) is 3.73. The van der Waals surface area contributed by atoms with E-state index in [0.717, 1.165) is 25.1 Å². The summed E-state index contributed by atoms with van der Waals surface area (Å²) in [4.78, 5) is 16.5. The van der Waals surface area contributed by atoms with E-state index in [4.69, 9.17) is 0 Å². The summed E-state index contributed by atoms with van der Waals surface area (Å²) in [6, 6.07) is 2.08. The molecule has 110 valence electrons. The van der Waals surface area contributed by atoms with Crippen molar-refractivity contribution in [3.63, 3.8) is 0 Å². The van der Waals surface area contributed by atoms with E-state index in [9.17, 15) is 4.79 Å². The van der Waals surface area contributed by atoms with Gasteiger partial charge in [0.2, 0.25) is 0 Å². The van der Waals surface area contributed by atoms with Gasteiger partial charge >= 0.3 is 0 Å². The fraction of sp³-hybridized carbons (Fsp3) is 0.600. The van der Waals surface area contributed by atoms with Crippen LogP contribution in [0.3, 0.4) is 0 Å². The Morgan fingerprint density at radius 2 is 2.35 bits per heavy atom. The third kappa shape index (κ3) is 3.88. The van der Waals surface area contributed by atoms with Crippen molar-refractivity contribution in [1.29, 1.82) is 0 Å². The Bertz CT molecular complexity index is 452. The molecule has 2 N–H and O–H groups in total. The lowest BCUT2D eigenvalue weighted by Crippen LogP contribution is -2.39. The highest BCUT2D eigenvalue weighted by Crippen LogP contribution is 2.27. The van der Waals surface area contributed by atoms with Gasteiger partial charge in [0.15, 0.2) is 0 Å². The zero-order valence-electron chi connectivity index (χ0n) is 12.2. The van der Waals surface area contributed by atoms with Gasteiger partial charge in [0.25, 0.3) is 5.91 Å². The van der Waals surface area contributed by atoms with Crippen LogP contribution in [0.5, 0.6) is 0 Å². The number of thioether (sulfide) groups is 1. The van der Waals surface area contributed by atoms with Gasteiger partial charge in [0.05, 0.1) is 17.4 Å². The van der Waals surface area contributed by atoms with E-state index in [-0.39, 0.29) is 5.91 Å². The van der Waals surface area contributed by atoms with Crippen LogP contribution in [0.2, 0.25) is 0 Å². The summed E-state index contributed by atoms with van der Waals surface area (Å²) < 4.78 is 0. The highest BCUT2D eigenvalue weighted by atomic mass is 32.2. The molecular formula is C15H23N3OS. The number of nitrogens with zero attached hydrogens (tertiary/aromatic N) is 1. The number of aromatic nitrogens is 1. The fourth-order valence-corrected chi connectivity index (χ4v) is 3.50. The van der Waals surface area contributed by atoms with Gasteiger partial charge in [-0.2, -0.15) is 11.8 Å². The van der Waals surface area contributed by atoms with Gasteiger partial charge in [-0.05, 0) is 38.5 Å². The van der Waals surface area contributed by atoms with Gasteiger partial charge in [-0.3, -0.25) is 9.78 Å². The summed E-state index contributed by atoms with van der Waals surface area (Å²) >= 11 is 1.91. The van der Waals surface area contributed by atoms with Crippen LogP contribution in [0.15, 0.2) is 18.5 Å². The van der Waals surface area contributed by atoms with Crippen molar-refractivity contribution < 1.29 is 4.79 Å². The molecule has 20 heavy (non-hydrogen) atoms. The van der Waals surface area contributed by atoms with Gasteiger partial charge < -0.3 is 10.6 Å². The first kappa shape index (κ1) is 15.2. The number of hydrogen-bond acceptors (Lipinski definition) is 4. The lowest BCUT2D eigenvalue weighted by atomic mass is 9.94. The number of carbonyl (C=O) groups is 1. The van der Waals surface area contributed by atoms with Crippen molar-refractivity contribution in [2.24, 2.45) is 0 Å². The largest absolute Gasteiger partial charge is 0.383 e. The molecule has 4 nitrogen and oxygen atoms in total. The molecule has 0 saturated heterocycles. The maximum absolute atomic E-state index is 12.4. The second kappa shape index (κ2) is 7.53. The molecule has 2 unspecified atom stereocenters. The van der Waals surface area contributed by atoms with Gasteiger partial charge in [0.1, 0.15) is 0 Å². The Balaban J connectivity index is 2.01. The van der Waals surface area contributed by atoms with Crippen molar-refractivity contribution in [3.8, 4) is 0 Å². The lowest BCUT2D eigenvalue weighted by Gasteiger charge is -2.28. The van der Waals surface area contributed by atoms with Crippen molar-refractivity contribution >= 4 is 23.4 Å². The van der Waals surface area contributed by atoms with Crippen LogP contribution < -0.4 is 10.6 Å². The second-order valence-corrected chi connectivity index (χ2v) is 6.28. The summed E-state index contributed by atoms with van der Waals surface area (Å²) in [7, 11) is 0. The van der Waals surface area contributed by atoms with E-state index in [1.807, 2.05) is 18.7 Å². The van der Waals surface area contributed by atoms with Crippen LogP contribution in [0.1, 0.15) is 43.0 Å². The molecule has 1 fully saturated rings. The molecule has 0 bridgehead atoms. The smallest absolute Gasteiger partial charge is 0.253 e. The Labute approximate surface area is 125 Å². The molecule has 0 radical (unpaired) electrons. The number of amides is 1. The molecule has 5 heteroatoms. The Hall–Kier alpha value is -1.23. The topological polar surface area (TPSA) is 54.0 Å². The first-order chi connectivity index (χ1) is 9.74. The molecule has 1 aliphatic carbocycles. The Morgan fingerprint density at radius 3 is 3.10 bits per heavy atom. The molecule has 1 aromatic heterocycles. The zero-order valence-corrected chi connectivity index (χ0v) is 13.0. The average Bonchev–Trinajstić information content (AvgIpc) is 2.48. The minimum atomic E-state index is 0.00935. The van der Waals surface area contributed by atoms with Crippen molar-refractivity contribution in [3.05, 3.63) is 24.0 Å². The van der Waals surface area contributed by atoms with Crippen LogP contribution in [-0.4, -0.2) is 35.0 Å².